The van der Waals surface area contributed by atoms with Crippen molar-refractivity contribution >= 4 is 17.2 Å². The van der Waals surface area contributed by atoms with Gasteiger partial charge in [0.05, 0.1) is 11.9 Å². The summed E-state index contributed by atoms with van der Waals surface area (Å²) in [5.74, 6) is 0.0666. The van der Waals surface area contributed by atoms with E-state index in [-0.39, 0.29) is 17.6 Å². The fourth-order valence-corrected chi connectivity index (χ4v) is 4.51. The Hall–Kier alpha value is -3.00. The highest BCUT2D eigenvalue weighted by molar-refractivity contribution is 5.94. The lowest BCUT2D eigenvalue weighted by Gasteiger charge is -2.32. The normalized spacial score (nSPS) is 18.4. The maximum absolute atomic E-state index is 12.8. The molecule has 1 aliphatic carbocycles. The van der Waals surface area contributed by atoms with E-state index in [1.165, 1.54) is 0 Å². The SMILES string of the molecule is CN1CCN(C(=O)c2ccc(-c3cnc4[nH]c(=O)n(C5CCCC5)c4n3)cc2)CC1. The molecule has 0 atom stereocenters. The van der Waals surface area contributed by atoms with E-state index in [1.54, 1.807) is 10.8 Å². The molecule has 156 valence electrons. The molecule has 3 aromatic rings. The van der Waals surface area contributed by atoms with Crippen LogP contribution in [0.15, 0.2) is 35.3 Å². The van der Waals surface area contributed by atoms with Gasteiger partial charge in [0.2, 0.25) is 0 Å². The number of carbonyl (C=O) groups excluding carboxylic acids is 1. The van der Waals surface area contributed by atoms with Gasteiger partial charge >= 0.3 is 5.69 Å². The minimum absolute atomic E-state index is 0.0666. The number of nitrogens with zero attached hydrogens (tertiary/aromatic N) is 5. The first-order chi connectivity index (χ1) is 14.6. The largest absolute Gasteiger partial charge is 0.336 e. The van der Waals surface area contributed by atoms with Crippen molar-refractivity contribution in [3.8, 4) is 11.3 Å². The molecule has 0 unspecified atom stereocenters. The van der Waals surface area contributed by atoms with Gasteiger partial charge < -0.3 is 9.80 Å². The van der Waals surface area contributed by atoms with E-state index in [0.29, 0.717) is 22.6 Å². The van der Waals surface area contributed by atoms with Gasteiger partial charge in [-0.05, 0) is 32.0 Å². The predicted molar refractivity (Wildman–Crippen MR) is 114 cm³/mol. The Labute approximate surface area is 174 Å². The van der Waals surface area contributed by atoms with Gasteiger partial charge in [-0.25, -0.2) is 14.8 Å². The van der Waals surface area contributed by atoms with E-state index >= 15 is 0 Å². The molecule has 1 N–H and O–H groups in total. The van der Waals surface area contributed by atoms with Gasteiger partial charge in [0.1, 0.15) is 0 Å². The molecule has 1 saturated heterocycles. The molecule has 2 fully saturated rings. The predicted octanol–water partition coefficient (Wildman–Crippen LogP) is 2.29. The number of hydrogen-bond acceptors (Lipinski definition) is 5. The molecule has 0 bridgehead atoms. The summed E-state index contributed by atoms with van der Waals surface area (Å²) in [5, 5.41) is 0. The van der Waals surface area contributed by atoms with Crippen molar-refractivity contribution in [1.29, 1.82) is 0 Å². The van der Waals surface area contributed by atoms with Crippen LogP contribution in [-0.2, 0) is 0 Å². The Morgan fingerprint density at radius 2 is 1.77 bits per heavy atom. The van der Waals surface area contributed by atoms with Crippen LogP contribution in [-0.4, -0.2) is 68.5 Å². The van der Waals surface area contributed by atoms with Crippen molar-refractivity contribution in [2.45, 2.75) is 31.7 Å². The Kier molecular flexibility index (Phi) is 4.86. The summed E-state index contributed by atoms with van der Waals surface area (Å²) in [6.07, 6.45) is 5.96. The molecule has 30 heavy (non-hydrogen) atoms. The van der Waals surface area contributed by atoms with E-state index < -0.39 is 0 Å². The van der Waals surface area contributed by atoms with Crippen LogP contribution in [0.3, 0.4) is 0 Å². The highest BCUT2D eigenvalue weighted by Gasteiger charge is 2.23. The van der Waals surface area contributed by atoms with Crippen molar-refractivity contribution in [1.82, 2.24) is 29.3 Å². The molecule has 2 aliphatic rings. The van der Waals surface area contributed by atoms with Gasteiger partial charge in [0, 0.05) is 43.3 Å². The van der Waals surface area contributed by atoms with Gasteiger partial charge in [0.15, 0.2) is 11.3 Å². The second-order valence-corrected chi connectivity index (χ2v) is 8.34. The molecule has 0 spiro atoms. The van der Waals surface area contributed by atoms with Crippen molar-refractivity contribution < 1.29 is 4.79 Å². The van der Waals surface area contributed by atoms with Crippen LogP contribution in [0.5, 0.6) is 0 Å². The Morgan fingerprint density at radius 3 is 2.47 bits per heavy atom. The maximum atomic E-state index is 12.8. The van der Waals surface area contributed by atoms with Crippen LogP contribution in [0.4, 0.5) is 0 Å². The minimum Gasteiger partial charge on any atom is -0.336 e. The van der Waals surface area contributed by atoms with Crippen LogP contribution in [0.1, 0.15) is 42.1 Å². The van der Waals surface area contributed by atoms with Crippen molar-refractivity contribution in [3.63, 3.8) is 0 Å². The zero-order chi connectivity index (χ0) is 20.7. The smallest absolute Gasteiger partial charge is 0.329 e. The summed E-state index contributed by atoms with van der Waals surface area (Å²) in [5.41, 5.74) is 3.27. The molecule has 1 amide bonds. The lowest BCUT2D eigenvalue weighted by molar-refractivity contribution is 0.0664. The van der Waals surface area contributed by atoms with Gasteiger partial charge in [-0.1, -0.05) is 25.0 Å². The summed E-state index contributed by atoms with van der Waals surface area (Å²) >= 11 is 0. The molecule has 5 rings (SSSR count). The third-order valence-corrected chi connectivity index (χ3v) is 6.33. The quantitative estimate of drug-likeness (QED) is 0.721. The summed E-state index contributed by atoms with van der Waals surface area (Å²) < 4.78 is 1.77. The molecule has 1 aliphatic heterocycles. The topological polar surface area (TPSA) is 87.1 Å². The van der Waals surface area contributed by atoms with Gasteiger partial charge in [0.25, 0.3) is 5.91 Å². The summed E-state index contributed by atoms with van der Waals surface area (Å²) in [6.45, 7) is 3.31. The van der Waals surface area contributed by atoms with E-state index in [1.807, 2.05) is 29.2 Å². The number of piperazine rings is 1. The van der Waals surface area contributed by atoms with Crippen LogP contribution in [0.25, 0.3) is 22.6 Å². The third kappa shape index (κ3) is 3.41. The number of fused-ring (bicyclic) bond motifs is 1. The summed E-state index contributed by atoms with van der Waals surface area (Å²) in [6, 6.07) is 7.71. The van der Waals surface area contributed by atoms with Crippen LogP contribution < -0.4 is 5.69 Å². The minimum atomic E-state index is -0.137. The van der Waals surface area contributed by atoms with Crippen LogP contribution >= 0.6 is 0 Å². The molecule has 2 aromatic heterocycles. The number of H-pyrrole nitrogens is 1. The van der Waals surface area contributed by atoms with Gasteiger partial charge in [-0.3, -0.25) is 14.3 Å². The Morgan fingerprint density at radius 1 is 1.07 bits per heavy atom. The lowest BCUT2D eigenvalue weighted by Crippen LogP contribution is -2.47. The molecule has 8 nitrogen and oxygen atoms in total. The molecule has 1 aromatic carbocycles. The van der Waals surface area contributed by atoms with E-state index in [9.17, 15) is 9.59 Å². The Bertz CT molecular complexity index is 1120. The highest BCUT2D eigenvalue weighted by atomic mass is 16.2. The number of aromatic nitrogens is 4. The number of likely N-dealkylation sites (N-methyl/N-ethyl adjacent to an activating group) is 1. The van der Waals surface area contributed by atoms with E-state index in [4.69, 9.17) is 4.98 Å². The second kappa shape index (κ2) is 7.68. The zero-order valence-corrected chi connectivity index (χ0v) is 17.2. The average molecular weight is 406 g/mol. The van der Waals surface area contributed by atoms with E-state index in [2.05, 4.69) is 21.9 Å². The fraction of sp³-hybridized carbons (Fsp3) is 0.455. The molecular weight excluding hydrogens is 380 g/mol. The van der Waals surface area contributed by atoms with E-state index in [0.717, 1.165) is 57.4 Å². The molecular formula is C22H26N6O2. The van der Waals surface area contributed by atoms with Crippen molar-refractivity contribution in [2.75, 3.05) is 33.2 Å². The number of amides is 1. The first-order valence-corrected chi connectivity index (χ1v) is 10.7. The zero-order valence-electron chi connectivity index (χ0n) is 17.2. The van der Waals surface area contributed by atoms with Crippen LogP contribution in [0, 0.1) is 0 Å². The first kappa shape index (κ1) is 19.0. The monoisotopic (exact) mass is 406 g/mol. The number of imidazole rings is 1. The van der Waals surface area contributed by atoms with Gasteiger partial charge in [-0.15, -0.1) is 0 Å². The number of aromatic amines is 1. The average Bonchev–Trinajstić information content (AvgIpc) is 3.40. The van der Waals surface area contributed by atoms with Crippen molar-refractivity contribution in [3.05, 3.63) is 46.5 Å². The highest BCUT2D eigenvalue weighted by Crippen LogP contribution is 2.30. The molecule has 3 heterocycles. The molecule has 8 heteroatoms. The number of nitrogens with one attached hydrogen (secondary N) is 1. The second-order valence-electron chi connectivity index (χ2n) is 8.34. The lowest BCUT2D eigenvalue weighted by atomic mass is 10.1. The fourth-order valence-electron chi connectivity index (χ4n) is 4.51. The third-order valence-electron chi connectivity index (χ3n) is 6.33. The van der Waals surface area contributed by atoms with Crippen molar-refractivity contribution in [2.24, 2.45) is 0 Å². The molecule has 0 radical (unpaired) electrons. The number of carbonyl (C=O) groups is 1. The Balaban J connectivity index is 1.42. The number of benzene rings is 1. The standard InChI is InChI=1S/C22H26N6O2/c1-26-10-12-27(13-11-26)21(29)16-8-6-15(7-9-16)18-14-23-19-20(24-18)28(22(30)25-19)17-4-2-3-5-17/h6-9,14,17H,2-5,10-13H2,1H3,(H,23,25,30). The van der Waals surface area contributed by atoms with Gasteiger partial charge in [-0.2, -0.15) is 0 Å². The summed E-state index contributed by atoms with van der Waals surface area (Å²) in [7, 11) is 2.07. The summed E-state index contributed by atoms with van der Waals surface area (Å²) in [4.78, 5) is 41.3. The number of hydrogen-bond donors (Lipinski definition) is 1. The first-order valence-electron chi connectivity index (χ1n) is 10.7. The maximum Gasteiger partial charge on any atom is 0.329 e. The molecule has 1 saturated carbocycles. The van der Waals surface area contributed by atoms with Crippen LogP contribution in [0.2, 0.25) is 0 Å². The number of rotatable bonds is 3.